The maximum Gasteiger partial charge on any atom is 0.146 e. The quantitative estimate of drug-likeness (QED) is 0.669. The van der Waals surface area contributed by atoms with Crippen molar-refractivity contribution < 1.29 is 4.84 Å². The van der Waals surface area contributed by atoms with Gasteiger partial charge >= 0.3 is 0 Å². The lowest BCUT2D eigenvalue weighted by Gasteiger charge is -2.36. The summed E-state index contributed by atoms with van der Waals surface area (Å²) in [5, 5.41) is 8.27. The highest BCUT2D eigenvalue weighted by Gasteiger charge is 2.41. The fourth-order valence-electron chi connectivity index (χ4n) is 4.87. The van der Waals surface area contributed by atoms with Gasteiger partial charge in [-0.1, -0.05) is 0 Å². The van der Waals surface area contributed by atoms with E-state index in [-0.39, 0.29) is 12.4 Å². The molecule has 144 valence electrons. The second-order valence-electron chi connectivity index (χ2n) is 8.37. The summed E-state index contributed by atoms with van der Waals surface area (Å²) in [6, 6.07) is 0.532. The first kappa shape index (κ1) is 18.5. The topological polar surface area (TPSA) is 51.8 Å². The second kappa shape index (κ2) is 8.42. The van der Waals surface area contributed by atoms with Crippen molar-refractivity contribution >= 4 is 11.8 Å². The predicted molar refractivity (Wildman–Crippen MR) is 103 cm³/mol. The molecule has 4 aliphatic rings. The molecule has 6 nitrogen and oxygen atoms in total. The lowest BCUT2D eigenvalue weighted by atomic mass is 9.94. The summed E-state index contributed by atoms with van der Waals surface area (Å²) < 4.78 is 0. The van der Waals surface area contributed by atoms with Gasteiger partial charge in [-0.25, -0.2) is 0 Å². The Morgan fingerprint density at radius 2 is 2.08 bits per heavy atom. The smallest absolute Gasteiger partial charge is 0.146 e. The van der Waals surface area contributed by atoms with Crippen molar-refractivity contribution in [1.82, 2.24) is 25.9 Å². The van der Waals surface area contributed by atoms with Crippen LogP contribution in [0.1, 0.15) is 38.5 Å². The van der Waals surface area contributed by atoms with Crippen molar-refractivity contribution in [2.45, 2.75) is 68.4 Å². The van der Waals surface area contributed by atoms with Gasteiger partial charge in [-0.15, -0.1) is 0 Å². The Morgan fingerprint density at radius 3 is 2.80 bits per heavy atom. The van der Waals surface area contributed by atoms with Crippen LogP contribution in [-0.2, 0) is 4.84 Å². The Labute approximate surface area is 156 Å². The number of nitrogens with zero attached hydrogens (tertiary/aromatic N) is 2. The first-order valence-electron chi connectivity index (χ1n) is 10.1. The Morgan fingerprint density at radius 1 is 1.16 bits per heavy atom. The van der Waals surface area contributed by atoms with Crippen LogP contribution in [0.2, 0.25) is 0 Å². The predicted octanol–water partition coefficient (Wildman–Crippen LogP) is 1.01. The van der Waals surface area contributed by atoms with Crippen LogP contribution in [0.15, 0.2) is 0 Å². The molecule has 0 spiro atoms. The van der Waals surface area contributed by atoms with Crippen molar-refractivity contribution in [2.24, 2.45) is 5.92 Å². The molecule has 0 radical (unpaired) electrons. The molecule has 4 rings (SSSR count). The third-order valence-electron chi connectivity index (χ3n) is 6.41. The molecule has 0 aromatic heterocycles. The summed E-state index contributed by atoms with van der Waals surface area (Å²) in [6.45, 7) is 3.54. The third-order valence-corrected chi connectivity index (χ3v) is 7.79. The van der Waals surface area contributed by atoms with Gasteiger partial charge in [0.05, 0.1) is 18.4 Å². The zero-order valence-corrected chi connectivity index (χ0v) is 16.6. The number of thioether (sulfide) groups is 1. The zero-order chi connectivity index (χ0) is 17.2. The van der Waals surface area contributed by atoms with Crippen LogP contribution < -0.4 is 16.1 Å². The first-order chi connectivity index (χ1) is 12.2. The number of nitrogens with one attached hydrogen (secondary N) is 3. The third kappa shape index (κ3) is 4.34. The van der Waals surface area contributed by atoms with E-state index in [9.17, 15) is 0 Å². The van der Waals surface area contributed by atoms with Crippen molar-refractivity contribution in [3.05, 3.63) is 0 Å². The number of rotatable bonds is 5. The van der Waals surface area contributed by atoms with E-state index in [1.807, 2.05) is 0 Å². The average molecular weight is 370 g/mol. The van der Waals surface area contributed by atoms with Crippen LogP contribution in [0.3, 0.4) is 0 Å². The molecule has 0 saturated carbocycles. The molecule has 4 heterocycles. The van der Waals surface area contributed by atoms with E-state index in [4.69, 9.17) is 4.84 Å². The molecule has 0 aromatic rings. The number of piperidine rings is 1. The molecule has 3 N–H and O–H groups in total. The maximum atomic E-state index is 6.02. The molecule has 0 aliphatic carbocycles. The minimum absolute atomic E-state index is 0.144. The van der Waals surface area contributed by atoms with Crippen LogP contribution >= 0.6 is 11.8 Å². The molecular formula is C18H35N5OS. The van der Waals surface area contributed by atoms with E-state index in [0.29, 0.717) is 18.1 Å². The van der Waals surface area contributed by atoms with Gasteiger partial charge in [0.2, 0.25) is 0 Å². The minimum atomic E-state index is 0.144. The van der Waals surface area contributed by atoms with E-state index < -0.39 is 0 Å². The Bertz CT molecular complexity index is 426. The van der Waals surface area contributed by atoms with Crippen molar-refractivity contribution in [2.75, 3.05) is 39.5 Å². The molecule has 6 atom stereocenters. The van der Waals surface area contributed by atoms with Crippen LogP contribution in [0.4, 0.5) is 0 Å². The average Bonchev–Trinajstić information content (AvgIpc) is 3.37. The molecule has 4 aliphatic heterocycles. The number of likely N-dealkylation sites (tertiary alicyclic amines) is 1. The summed E-state index contributed by atoms with van der Waals surface area (Å²) in [5.41, 5.74) is 3.31. The van der Waals surface area contributed by atoms with Crippen molar-refractivity contribution in [3.63, 3.8) is 0 Å². The fraction of sp³-hybridized carbons (Fsp3) is 1.00. The second-order valence-corrected chi connectivity index (χ2v) is 9.77. The molecule has 4 fully saturated rings. The molecule has 4 saturated heterocycles. The lowest BCUT2D eigenvalue weighted by molar-refractivity contribution is -0.0238. The van der Waals surface area contributed by atoms with Gasteiger partial charge < -0.3 is 5.32 Å². The maximum absolute atomic E-state index is 6.02. The normalized spacial score (nSPS) is 43.3. The van der Waals surface area contributed by atoms with E-state index >= 15 is 0 Å². The summed E-state index contributed by atoms with van der Waals surface area (Å²) in [6.07, 6.45) is 8.75. The van der Waals surface area contributed by atoms with Gasteiger partial charge in [-0.3, -0.25) is 20.0 Å². The van der Waals surface area contributed by atoms with Gasteiger partial charge in [0.1, 0.15) is 6.23 Å². The molecular weight excluding hydrogens is 334 g/mol. The number of hydrogen-bond donors (Lipinski definition) is 3. The molecule has 0 aromatic carbocycles. The Balaban J connectivity index is 1.27. The SMILES string of the molecule is CN(C)C1CCC(C2NOC([C@H]3CCCN3CC3CCCS3)N2)CN1. The minimum Gasteiger partial charge on any atom is -0.301 e. The van der Waals surface area contributed by atoms with Crippen LogP contribution in [0, 0.1) is 5.92 Å². The molecule has 25 heavy (non-hydrogen) atoms. The summed E-state index contributed by atoms with van der Waals surface area (Å²) >= 11 is 2.17. The van der Waals surface area contributed by atoms with Crippen molar-refractivity contribution in [3.8, 4) is 0 Å². The van der Waals surface area contributed by atoms with Gasteiger partial charge in [0.15, 0.2) is 0 Å². The molecule has 7 heteroatoms. The van der Waals surface area contributed by atoms with Crippen LogP contribution in [0.5, 0.6) is 0 Å². The fourth-order valence-corrected chi connectivity index (χ4v) is 6.17. The largest absolute Gasteiger partial charge is 0.301 e. The van der Waals surface area contributed by atoms with Crippen LogP contribution in [0.25, 0.3) is 0 Å². The van der Waals surface area contributed by atoms with E-state index in [0.717, 1.165) is 11.8 Å². The molecule has 5 unspecified atom stereocenters. The Hall–Kier alpha value is 0.110. The van der Waals surface area contributed by atoms with Gasteiger partial charge in [-0.2, -0.15) is 17.2 Å². The lowest BCUT2D eigenvalue weighted by Crippen LogP contribution is -2.54. The highest BCUT2D eigenvalue weighted by atomic mass is 32.2. The zero-order valence-electron chi connectivity index (χ0n) is 15.7. The summed E-state index contributed by atoms with van der Waals surface area (Å²) in [5.74, 6) is 1.95. The molecule has 0 bridgehead atoms. The highest BCUT2D eigenvalue weighted by molar-refractivity contribution is 8.00. The summed E-state index contributed by atoms with van der Waals surface area (Å²) in [4.78, 5) is 11.0. The Kier molecular flexibility index (Phi) is 6.22. The van der Waals surface area contributed by atoms with Gasteiger partial charge in [0.25, 0.3) is 0 Å². The van der Waals surface area contributed by atoms with E-state index in [2.05, 4.69) is 51.8 Å². The van der Waals surface area contributed by atoms with Gasteiger partial charge in [0, 0.05) is 24.3 Å². The van der Waals surface area contributed by atoms with E-state index in [1.165, 1.54) is 57.4 Å². The van der Waals surface area contributed by atoms with Gasteiger partial charge in [-0.05, 0) is 64.9 Å². The number of hydroxylamine groups is 1. The molecule has 0 amide bonds. The highest BCUT2D eigenvalue weighted by Crippen LogP contribution is 2.31. The standard InChI is InChI=1S/C18H35N5OS/c1-22(2)16-8-7-13(11-19-16)17-20-18(24-21-17)15-6-3-9-23(15)12-14-5-4-10-25-14/h13-21H,3-12H2,1-2H3/t13?,14?,15-,16?,17?,18?/m1/s1. The summed E-state index contributed by atoms with van der Waals surface area (Å²) in [7, 11) is 4.31. The van der Waals surface area contributed by atoms with Crippen LogP contribution in [-0.4, -0.2) is 79.1 Å². The first-order valence-corrected chi connectivity index (χ1v) is 11.2. The number of hydrogen-bond acceptors (Lipinski definition) is 7. The monoisotopic (exact) mass is 369 g/mol. The van der Waals surface area contributed by atoms with E-state index in [1.54, 1.807) is 0 Å². The van der Waals surface area contributed by atoms with Crippen molar-refractivity contribution in [1.29, 1.82) is 0 Å².